The van der Waals surface area contributed by atoms with Crippen LogP contribution in [0.1, 0.15) is 24.8 Å². The molecule has 1 aromatic carbocycles. The van der Waals surface area contributed by atoms with E-state index in [2.05, 4.69) is 10.1 Å². The molecule has 0 N–H and O–H groups in total. The van der Waals surface area contributed by atoms with Gasteiger partial charge in [-0.05, 0) is 18.6 Å². The van der Waals surface area contributed by atoms with E-state index in [1.807, 2.05) is 13.0 Å². The molecule has 0 saturated heterocycles. The Hall–Kier alpha value is -2.57. The van der Waals surface area contributed by atoms with Gasteiger partial charge in [0.15, 0.2) is 23.2 Å². The molecule has 0 aliphatic heterocycles. The Morgan fingerprint density at radius 3 is 2.78 bits per heavy atom. The van der Waals surface area contributed by atoms with Crippen LogP contribution in [0.3, 0.4) is 0 Å². The predicted octanol–water partition coefficient (Wildman–Crippen LogP) is 3.96. The lowest BCUT2D eigenvalue weighted by Gasteiger charge is -2.07. The first-order chi connectivity index (χ1) is 11.1. The van der Waals surface area contributed by atoms with Crippen LogP contribution in [0.15, 0.2) is 35.1 Å². The lowest BCUT2D eigenvalue weighted by Crippen LogP contribution is -2.03. The SMILES string of the molecule is CCCc1cc(Cn2ccnc2-c2ccc(F)c(F)c2F)on1. The topological polar surface area (TPSA) is 43.9 Å². The number of hydrogen-bond donors (Lipinski definition) is 0. The van der Waals surface area contributed by atoms with E-state index in [-0.39, 0.29) is 17.9 Å². The zero-order valence-corrected chi connectivity index (χ0v) is 12.4. The Balaban J connectivity index is 1.92. The largest absolute Gasteiger partial charge is 0.359 e. The number of benzene rings is 1. The third kappa shape index (κ3) is 2.99. The van der Waals surface area contributed by atoms with Gasteiger partial charge in [0.25, 0.3) is 0 Å². The standard InChI is InChI=1S/C16H14F3N3O/c1-2-3-10-8-11(23-21-10)9-22-7-6-20-16(22)12-4-5-13(17)15(19)14(12)18/h4-8H,2-3,9H2,1H3. The van der Waals surface area contributed by atoms with Gasteiger partial charge in [-0.1, -0.05) is 18.5 Å². The summed E-state index contributed by atoms with van der Waals surface area (Å²) >= 11 is 0. The average molecular weight is 321 g/mol. The molecule has 0 bridgehead atoms. The first-order valence-electron chi connectivity index (χ1n) is 7.19. The monoisotopic (exact) mass is 321 g/mol. The zero-order chi connectivity index (χ0) is 16.4. The molecule has 0 fully saturated rings. The number of nitrogens with zero attached hydrogens (tertiary/aromatic N) is 3. The van der Waals surface area contributed by atoms with Crippen LogP contribution >= 0.6 is 0 Å². The fourth-order valence-corrected chi connectivity index (χ4v) is 2.35. The molecule has 23 heavy (non-hydrogen) atoms. The third-order valence-corrected chi connectivity index (χ3v) is 3.43. The van der Waals surface area contributed by atoms with E-state index >= 15 is 0 Å². The van der Waals surface area contributed by atoms with Crippen molar-refractivity contribution in [3.63, 3.8) is 0 Å². The van der Waals surface area contributed by atoms with Gasteiger partial charge in [0, 0.05) is 18.5 Å². The molecule has 0 spiro atoms. The van der Waals surface area contributed by atoms with Gasteiger partial charge in [-0.3, -0.25) is 0 Å². The second kappa shape index (κ2) is 6.28. The quantitative estimate of drug-likeness (QED) is 0.668. The Labute approximate surface area is 130 Å². The molecule has 7 heteroatoms. The molecule has 0 saturated carbocycles. The summed E-state index contributed by atoms with van der Waals surface area (Å²) in [6.45, 7) is 2.30. The lowest BCUT2D eigenvalue weighted by molar-refractivity contribution is 0.371. The van der Waals surface area contributed by atoms with Crippen molar-refractivity contribution in [2.75, 3.05) is 0 Å². The fraction of sp³-hybridized carbons (Fsp3) is 0.250. The van der Waals surface area contributed by atoms with Gasteiger partial charge >= 0.3 is 0 Å². The Kier molecular flexibility index (Phi) is 4.18. The second-order valence-corrected chi connectivity index (χ2v) is 5.14. The molecule has 0 aliphatic rings. The highest BCUT2D eigenvalue weighted by molar-refractivity contribution is 5.56. The van der Waals surface area contributed by atoms with Crippen LogP contribution in [0, 0.1) is 17.5 Å². The van der Waals surface area contributed by atoms with Crippen LogP contribution in [0.25, 0.3) is 11.4 Å². The summed E-state index contributed by atoms with van der Waals surface area (Å²) in [7, 11) is 0. The molecule has 0 radical (unpaired) electrons. The molecule has 0 unspecified atom stereocenters. The van der Waals surface area contributed by atoms with Gasteiger partial charge < -0.3 is 9.09 Å². The summed E-state index contributed by atoms with van der Waals surface area (Å²) < 4.78 is 47.2. The third-order valence-electron chi connectivity index (χ3n) is 3.43. The zero-order valence-electron chi connectivity index (χ0n) is 12.4. The number of imidazole rings is 1. The van der Waals surface area contributed by atoms with Crippen LogP contribution in [0.2, 0.25) is 0 Å². The van der Waals surface area contributed by atoms with Crippen LogP contribution < -0.4 is 0 Å². The smallest absolute Gasteiger partial charge is 0.195 e. The maximum atomic E-state index is 13.9. The molecular formula is C16H14F3N3O. The first kappa shape index (κ1) is 15.3. The van der Waals surface area contributed by atoms with Gasteiger partial charge in [-0.25, -0.2) is 18.2 Å². The highest BCUT2D eigenvalue weighted by Crippen LogP contribution is 2.25. The highest BCUT2D eigenvalue weighted by atomic mass is 19.2. The van der Waals surface area contributed by atoms with Crippen LogP contribution in [-0.2, 0) is 13.0 Å². The first-order valence-corrected chi connectivity index (χ1v) is 7.19. The van der Waals surface area contributed by atoms with Gasteiger partial charge in [-0.15, -0.1) is 0 Å². The molecule has 3 aromatic rings. The van der Waals surface area contributed by atoms with Crippen LogP contribution in [0.4, 0.5) is 13.2 Å². The Morgan fingerprint density at radius 2 is 2.00 bits per heavy atom. The normalized spacial score (nSPS) is 11.1. The summed E-state index contributed by atoms with van der Waals surface area (Å²) in [4.78, 5) is 4.03. The molecule has 120 valence electrons. The summed E-state index contributed by atoms with van der Waals surface area (Å²) in [5, 5.41) is 3.94. The van der Waals surface area contributed by atoms with Crippen molar-refractivity contribution in [2.45, 2.75) is 26.3 Å². The predicted molar refractivity (Wildman–Crippen MR) is 77.1 cm³/mol. The van der Waals surface area contributed by atoms with E-state index < -0.39 is 17.5 Å². The molecule has 0 atom stereocenters. The highest BCUT2D eigenvalue weighted by Gasteiger charge is 2.18. The molecule has 4 nitrogen and oxygen atoms in total. The van der Waals surface area contributed by atoms with Gasteiger partial charge in [0.1, 0.15) is 5.82 Å². The Bertz CT molecular complexity index is 826. The Morgan fingerprint density at radius 1 is 1.17 bits per heavy atom. The van der Waals surface area contributed by atoms with Gasteiger partial charge in [-0.2, -0.15) is 0 Å². The van der Waals surface area contributed by atoms with Crippen molar-refractivity contribution in [3.8, 4) is 11.4 Å². The van der Waals surface area contributed by atoms with Crippen molar-refractivity contribution >= 4 is 0 Å². The summed E-state index contributed by atoms with van der Waals surface area (Å²) in [5.74, 6) is -3.24. The van der Waals surface area contributed by atoms with E-state index in [1.165, 1.54) is 6.20 Å². The minimum absolute atomic E-state index is 0.109. The van der Waals surface area contributed by atoms with E-state index in [0.29, 0.717) is 5.76 Å². The number of hydrogen-bond acceptors (Lipinski definition) is 3. The van der Waals surface area contributed by atoms with Gasteiger partial charge in [0.05, 0.1) is 17.8 Å². The van der Waals surface area contributed by atoms with E-state index in [9.17, 15) is 13.2 Å². The van der Waals surface area contributed by atoms with Crippen molar-refractivity contribution in [3.05, 3.63) is 59.5 Å². The van der Waals surface area contributed by atoms with Crippen LogP contribution in [-0.4, -0.2) is 14.7 Å². The van der Waals surface area contributed by atoms with E-state index in [4.69, 9.17) is 4.52 Å². The molecule has 2 aromatic heterocycles. The number of aryl methyl sites for hydroxylation is 1. The molecule has 2 heterocycles. The average Bonchev–Trinajstić information content (AvgIpc) is 3.16. The van der Waals surface area contributed by atoms with Crippen molar-refractivity contribution in [1.29, 1.82) is 0 Å². The molecule has 3 rings (SSSR count). The summed E-state index contributed by atoms with van der Waals surface area (Å²) in [6.07, 6.45) is 4.82. The summed E-state index contributed by atoms with van der Waals surface area (Å²) in [6, 6.07) is 3.85. The minimum Gasteiger partial charge on any atom is -0.359 e. The molecule has 0 aliphatic carbocycles. The van der Waals surface area contributed by atoms with E-state index in [0.717, 1.165) is 30.7 Å². The number of rotatable bonds is 5. The van der Waals surface area contributed by atoms with Gasteiger partial charge in [0.2, 0.25) is 0 Å². The van der Waals surface area contributed by atoms with Crippen LogP contribution in [0.5, 0.6) is 0 Å². The van der Waals surface area contributed by atoms with Crippen molar-refractivity contribution < 1.29 is 17.7 Å². The van der Waals surface area contributed by atoms with E-state index in [1.54, 1.807) is 10.8 Å². The fourth-order valence-electron chi connectivity index (χ4n) is 2.35. The number of halogens is 3. The van der Waals surface area contributed by atoms with Crippen molar-refractivity contribution in [1.82, 2.24) is 14.7 Å². The second-order valence-electron chi connectivity index (χ2n) is 5.14. The summed E-state index contributed by atoms with van der Waals surface area (Å²) in [5.41, 5.74) is 0.727. The maximum absolute atomic E-state index is 13.9. The molecular weight excluding hydrogens is 307 g/mol. The lowest BCUT2D eigenvalue weighted by atomic mass is 10.2. The maximum Gasteiger partial charge on any atom is 0.195 e. The van der Waals surface area contributed by atoms with Crippen molar-refractivity contribution in [2.24, 2.45) is 0 Å². The minimum atomic E-state index is -1.51. The molecule has 0 amide bonds. The number of aromatic nitrogens is 3.